The van der Waals surface area contributed by atoms with Gasteiger partial charge in [0.05, 0.1) is 15.7 Å². The van der Waals surface area contributed by atoms with Gasteiger partial charge in [-0.25, -0.2) is 0 Å². The van der Waals surface area contributed by atoms with E-state index in [2.05, 4.69) is 20.9 Å². The Morgan fingerprint density at radius 2 is 1.94 bits per heavy atom. The third-order valence-electron chi connectivity index (χ3n) is 2.07. The summed E-state index contributed by atoms with van der Waals surface area (Å²) in [4.78, 5) is 4.20. The second-order valence-electron chi connectivity index (χ2n) is 3.33. The highest BCUT2D eigenvalue weighted by Crippen LogP contribution is 2.26. The molecule has 0 atom stereocenters. The molecule has 1 aromatic heterocycles. The topological polar surface area (TPSA) is 22.1 Å². The van der Waals surface area contributed by atoms with Crippen molar-refractivity contribution < 1.29 is 4.74 Å². The first-order valence-corrected chi connectivity index (χ1v) is 6.38. The number of rotatable bonds is 3. The first kappa shape index (κ1) is 12.7. The molecule has 1 aromatic carbocycles. The molecule has 2 rings (SSSR count). The molecule has 2 nitrogen and oxygen atoms in total. The molecule has 0 saturated carbocycles. The van der Waals surface area contributed by atoms with Crippen LogP contribution >= 0.6 is 39.1 Å². The van der Waals surface area contributed by atoms with E-state index in [-0.39, 0.29) is 0 Å². The van der Waals surface area contributed by atoms with Gasteiger partial charge in [-0.1, -0.05) is 23.2 Å². The van der Waals surface area contributed by atoms with Gasteiger partial charge >= 0.3 is 0 Å². The fourth-order valence-electron chi connectivity index (χ4n) is 1.22. The molecule has 0 spiro atoms. The van der Waals surface area contributed by atoms with Crippen molar-refractivity contribution in [2.75, 3.05) is 0 Å². The summed E-state index contributed by atoms with van der Waals surface area (Å²) in [5.41, 5.74) is 0.847. The summed E-state index contributed by atoms with van der Waals surface area (Å²) in [5, 5.41) is 0.994. The van der Waals surface area contributed by atoms with Crippen molar-refractivity contribution in [3.05, 3.63) is 56.7 Å². The molecule has 0 bridgehead atoms. The maximum Gasteiger partial charge on any atom is 0.130 e. The maximum atomic E-state index is 5.88. The van der Waals surface area contributed by atoms with E-state index < -0.39 is 0 Å². The van der Waals surface area contributed by atoms with Crippen LogP contribution in [0.5, 0.6) is 5.75 Å². The fourth-order valence-corrected chi connectivity index (χ4v) is 1.74. The number of pyridine rings is 1. The molecule has 0 aliphatic carbocycles. The Morgan fingerprint density at radius 3 is 2.59 bits per heavy atom. The van der Waals surface area contributed by atoms with Crippen LogP contribution in [0.2, 0.25) is 10.0 Å². The third-order valence-corrected chi connectivity index (χ3v) is 3.27. The standard InChI is InChI=1S/C12H8BrCl2NO/c13-8-1-2-9(16-6-8)7-17-10-3-4-11(14)12(15)5-10/h1-6H,7H2. The van der Waals surface area contributed by atoms with E-state index in [0.29, 0.717) is 22.4 Å². The minimum atomic E-state index is 0.394. The highest BCUT2D eigenvalue weighted by atomic mass is 79.9. The number of hydrogen-bond acceptors (Lipinski definition) is 2. The molecule has 1 heterocycles. The van der Waals surface area contributed by atoms with Crippen LogP contribution in [0, 0.1) is 0 Å². The van der Waals surface area contributed by atoms with Crippen LogP contribution in [-0.4, -0.2) is 4.98 Å². The molecular weight excluding hydrogens is 325 g/mol. The largest absolute Gasteiger partial charge is 0.487 e. The van der Waals surface area contributed by atoms with E-state index in [9.17, 15) is 0 Å². The lowest BCUT2D eigenvalue weighted by Crippen LogP contribution is -1.97. The van der Waals surface area contributed by atoms with Crippen molar-refractivity contribution >= 4 is 39.1 Å². The molecule has 88 valence electrons. The van der Waals surface area contributed by atoms with Crippen molar-refractivity contribution in [3.63, 3.8) is 0 Å². The van der Waals surface area contributed by atoms with Crippen molar-refractivity contribution in [2.24, 2.45) is 0 Å². The molecule has 0 fully saturated rings. The first-order chi connectivity index (χ1) is 8.15. The summed E-state index contributed by atoms with van der Waals surface area (Å²) in [6.07, 6.45) is 1.73. The summed E-state index contributed by atoms with van der Waals surface area (Å²) < 4.78 is 6.49. The number of aromatic nitrogens is 1. The molecular formula is C12H8BrCl2NO. The van der Waals surface area contributed by atoms with E-state index in [1.807, 2.05) is 12.1 Å². The van der Waals surface area contributed by atoms with Crippen LogP contribution in [-0.2, 0) is 6.61 Å². The Morgan fingerprint density at radius 1 is 1.12 bits per heavy atom. The molecule has 2 aromatic rings. The van der Waals surface area contributed by atoms with E-state index in [1.54, 1.807) is 24.4 Å². The Kier molecular flexibility index (Phi) is 4.26. The average molecular weight is 333 g/mol. The summed E-state index contributed by atoms with van der Waals surface area (Å²) >= 11 is 15.0. The Balaban J connectivity index is 2.02. The van der Waals surface area contributed by atoms with Gasteiger partial charge in [-0.3, -0.25) is 4.98 Å². The average Bonchev–Trinajstić information content (AvgIpc) is 2.33. The van der Waals surface area contributed by atoms with Gasteiger partial charge in [0, 0.05) is 16.7 Å². The second-order valence-corrected chi connectivity index (χ2v) is 5.06. The van der Waals surface area contributed by atoms with Crippen molar-refractivity contribution in [3.8, 4) is 5.75 Å². The Hall–Kier alpha value is -0.770. The van der Waals surface area contributed by atoms with Gasteiger partial charge in [-0.2, -0.15) is 0 Å². The highest BCUT2D eigenvalue weighted by molar-refractivity contribution is 9.10. The van der Waals surface area contributed by atoms with Gasteiger partial charge in [0.25, 0.3) is 0 Å². The smallest absolute Gasteiger partial charge is 0.130 e. The second kappa shape index (κ2) is 5.71. The number of hydrogen-bond donors (Lipinski definition) is 0. The lowest BCUT2D eigenvalue weighted by atomic mass is 10.3. The summed E-state index contributed by atoms with van der Waals surface area (Å²) in [7, 11) is 0. The third kappa shape index (κ3) is 3.60. The van der Waals surface area contributed by atoms with E-state index in [4.69, 9.17) is 27.9 Å². The lowest BCUT2D eigenvalue weighted by Gasteiger charge is -2.06. The SMILES string of the molecule is Clc1ccc(OCc2ccc(Br)cn2)cc1Cl. The molecule has 0 radical (unpaired) electrons. The van der Waals surface area contributed by atoms with Crippen LogP contribution in [0.25, 0.3) is 0 Å². The van der Waals surface area contributed by atoms with Gasteiger partial charge in [-0.15, -0.1) is 0 Å². The molecule has 0 aliphatic heterocycles. The van der Waals surface area contributed by atoms with Crippen LogP contribution in [0.15, 0.2) is 41.0 Å². The zero-order valence-corrected chi connectivity index (χ0v) is 11.8. The molecule has 0 amide bonds. The number of benzene rings is 1. The van der Waals surface area contributed by atoms with Gasteiger partial charge < -0.3 is 4.74 Å². The molecule has 17 heavy (non-hydrogen) atoms. The number of nitrogens with zero attached hydrogens (tertiary/aromatic N) is 1. The predicted octanol–water partition coefficient (Wildman–Crippen LogP) is 4.73. The normalized spacial score (nSPS) is 10.3. The van der Waals surface area contributed by atoms with Crippen molar-refractivity contribution in [2.45, 2.75) is 6.61 Å². The first-order valence-electron chi connectivity index (χ1n) is 4.83. The van der Waals surface area contributed by atoms with Gasteiger partial charge in [0.1, 0.15) is 12.4 Å². The number of ether oxygens (including phenoxy) is 1. The van der Waals surface area contributed by atoms with Crippen LogP contribution in [0.4, 0.5) is 0 Å². The summed E-state index contributed by atoms with van der Waals surface area (Å²) in [5.74, 6) is 0.670. The Bertz CT molecular complexity index is 516. The predicted molar refractivity (Wildman–Crippen MR) is 72.7 cm³/mol. The van der Waals surface area contributed by atoms with Gasteiger partial charge in [0.15, 0.2) is 0 Å². The summed E-state index contributed by atoms with van der Waals surface area (Å²) in [6, 6.07) is 8.96. The van der Waals surface area contributed by atoms with Crippen molar-refractivity contribution in [1.29, 1.82) is 0 Å². The molecule has 0 saturated heterocycles. The molecule has 5 heteroatoms. The van der Waals surface area contributed by atoms with Crippen LogP contribution in [0.1, 0.15) is 5.69 Å². The van der Waals surface area contributed by atoms with Crippen LogP contribution < -0.4 is 4.74 Å². The molecule has 0 aliphatic rings. The van der Waals surface area contributed by atoms with Gasteiger partial charge in [-0.05, 0) is 40.2 Å². The van der Waals surface area contributed by atoms with E-state index >= 15 is 0 Å². The van der Waals surface area contributed by atoms with Crippen LogP contribution in [0.3, 0.4) is 0 Å². The zero-order valence-electron chi connectivity index (χ0n) is 8.66. The van der Waals surface area contributed by atoms with E-state index in [0.717, 1.165) is 10.2 Å². The molecule has 0 unspecified atom stereocenters. The van der Waals surface area contributed by atoms with E-state index in [1.165, 1.54) is 0 Å². The minimum absolute atomic E-state index is 0.394. The minimum Gasteiger partial charge on any atom is -0.487 e. The number of halogens is 3. The monoisotopic (exact) mass is 331 g/mol. The zero-order chi connectivity index (χ0) is 12.3. The maximum absolute atomic E-state index is 5.88. The lowest BCUT2D eigenvalue weighted by molar-refractivity contribution is 0.301. The highest BCUT2D eigenvalue weighted by Gasteiger charge is 2.01. The fraction of sp³-hybridized carbons (Fsp3) is 0.0833. The quantitative estimate of drug-likeness (QED) is 0.810. The summed E-state index contributed by atoms with van der Waals surface area (Å²) in [6.45, 7) is 0.394. The molecule has 0 N–H and O–H groups in total. The Labute approximate surface area is 118 Å². The van der Waals surface area contributed by atoms with Crippen molar-refractivity contribution in [1.82, 2.24) is 4.98 Å². The van der Waals surface area contributed by atoms with Gasteiger partial charge in [0.2, 0.25) is 0 Å².